The van der Waals surface area contributed by atoms with Gasteiger partial charge >= 0.3 is 0 Å². The minimum Gasteiger partial charge on any atom is -0.355 e. The summed E-state index contributed by atoms with van der Waals surface area (Å²) in [5.74, 6) is 0.0824. The van der Waals surface area contributed by atoms with Gasteiger partial charge in [-0.15, -0.1) is 0 Å². The molecule has 0 radical (unpaired) electrons. The lowest BCUT2D eigenvalue weighted by Gasteiger charge is -2.09. The molecular weight excluding hydrogens is 323 g/mol. The molecule has 110 valence electrons. The highest BCUT2D eigenvalue weighted by Gasteiger charge is 2.29. The number of benzene rings is 1. The van der Waals surface area contributed by atoms with Crippen LogP contribution in [0.4, 0.5) is 0 Å². The van der Waals surface area contributed by atoms with Crippen molar-refractivity contribution in [3.8, 4) is 0 Å². The number of nitrogens with one attached hydrogen (secondary N) is 2. The molecule has 2 rings (SSSR count). The molecule has 0 saturated heterocycles. The van der Waals surface area contributed by atoms with Gasteiger partial charge in [0.2, 0.25) is 15.9 Å². The van der Waals surface area contributed by atoms with Crippen molar-refractivity contribution in [3.63, 3.8) is 0 Å². The van der Waals surface area contributed by atoms with Gasteiger partial charge in [-0.2, -0.15) is 0 Å². The summed E-state index contributed by atoms with van der Waals surface area (Å²) in [5, 5.41) is 2.84. The van der Waals surface area contributed by atoms with E-state index in [1.807, 2.05) is 0 Å². The van der Waals surface area contributed by atoms with Crippen molar-refractivity contribution in [1.82, 2.24) is 10.0 Å². The van der Waals surface area contributed by atoms with Crippen LogP contribution in [-0.4, -0.2) is 27.4 Å². The third-order valence-electron chi connectivity index (χ3n) is 2.87. The van der Waals surface area contributed by atoms with E-state index in [2.05, 4.69) is 10.0 Å². The molecule has 0 aliphatic heterocycles. The van der Waals surface area contributed by atoms with Gasteiger partial charge in [0.05, 0.1) is 10.0 Å². The molecule has 1 aliphatic carbocycles. The highest BCUT2D eigenvalue weighted by molar-refractivity contribution is 7.89. The molecule has 1 aliphatic rings. The van der Waals surface area contributed by atoms with Gasteiger partial charge in [-0.1, -0.05) is 29.3 Å². The number of hydrogen-bond donors (Lipinski definition) is 2. The highest BCUT2D eigenvalue weighted by Crippen LogP contribution is 2.29. The molecule has 0 bridgehead atoms. The summed E-state index contributed by atoms with van der Waals surface area (Å²) in [5.41, 5.74) is 0. The molecule has 1 amide bonds. The van der Waals surface area contributed by atoms with Crippen molar-refractivity contribution in [1.29, 1.82) is 0 Å². The van der Waals surface area contributed by atoms with E-state index < -0.39 is 10.0 Å². The average Bonchev–Trinajstić information content (AvgIpc) is 3.22. The lowest BCUT2D eigenvalue weighted by molar-refractivity contribution is -0.122. The van der Waals surface area contributed by atoms with Crippen LogP contribution < -0.4 is 10.0 Å². The zero-order valence-corrected chi connectivity index (χ0v) is 12.9. The molecule has 0 spiro atoms. The second-order valence-corrected chi connectivity index (χ2v) is 7.04. The normalized spacial score (nSPS) is 15.1. The van der Waals surface area contributed by atoms with E-state index in [0.717, 1.165) is 12.8 Å². The first-order valence-electron chi connectivity index (χ1n) is 6.13. The smallest absolute Gasteiger partial charge is 0.242 e. The average molecular weight is 337 g/mol. The second-order valence-electron chi connectivity index (χ2n) is 4.52. The Morgan fingerprint density at radius 3 is 2.60 bits per heavy atom. The van der Waals surface area contributed by atoms with Gasteiger partial charge in [0.25, 0.3) is 0 Å². The van der Waals surface area contributed by atoms with Crippen molar-refractivity contribution >= 4 is 39.1 Å². The van der Waals surface area contributed by atoms with Gasteiger partial charge in [-0.05, 0) is 25.0 Å². The lowest BCUT2D eigenvalue weighted by Crippen LogP contribution is -2.35. The molecule has 0 atom stereocenters. The minimum absolute atomic E-state index is 0.0105. The summed E-state index contributed by atoms with van der Waals surface area (Å²) in [6, 6.07) is 4.40. The molecule has 0 unspecified atom stereocenters. The fourth-order valence-corrected chi connectivity index (χ4v) is 3.42. The van der Waals surface area contributed by atoms with Crippen LogP contribution in [0.5, 0.6) is 0 Å². The van der Waals surface area contributed by atoms with Crippen LogP contribution in [0.3, 0.4) is 0 Å². The SMILES string of the molecule is O=C(NCCNS(=O)(=O)c1cccc(Cl)c1Cl)C1CC1. The van der Waals surface area contributed by atoms with Gasteiger partial charge in [-0.3, -0.25) is 4.79 Å². The maximum atomic E-state index is 12.0. The van der Waals surface area contributed by atoms with Gasteiger partial charge in [-0.25, -0.2) is 13.1 Å². The maximum absolute atomic E-state index is 12.0. The Balaban J connectivity index is 1.90. The van der Waals surface area contributed by atoms with Gasteiger partial charge in [0.1, 0.15) is 4.90 Å². The molecule has 0 aromatic heterocycles. The molecule has 1 fully saturated rings. The van der Waals surface area contributed by atoms with Crippen molar-refractivity contribution < 1.29 is 13.2 Å². The minimum atomic E-state index is -3.73. The van der Waals surface area contributed by atoms with E-state index in [9.17, 15) is 13.2 Å². The van der Waals surface area contributed by atoms with Crippen LogP contribution in [0.15, 0.2) is 23.1 Å². The van der Waals surface area contributed by atoms with Crippen LogP contribution in [0.1, 0.15) is 12.8 Å². The van der Waals surface area contributed by atoms with Gasteiger partial charge in [0, 0.05) is 19.0 Å². The fraction of sp³-hybridized carbons (Fsp3) is 0.417. The predicted octanol–water partition coefficient (Wildman–Crippen LogP) is 1.80. The van der Waals surface area contributed by atoms with E-state index in [-0.39, 0.29) is 39.9 Å². The zero-order chi connectivity index (χ0) is 14.8. The van der Waals surface area contributed by atoms with Crippen LogP contribution >= 0.6 is 23.2 Å². The largest absolute Gasteiger partial charge is 0.355 e. The zero-order valence-electron chi connectivity index (χ0n) is 10.5. The molecule has 1 aromatic rings. The molecule has 20 heavy (non-hydrogen) atoms. The molecule has 1 aromatic carbocycles. The van der Waals surface area contributed by atoms with Crippen molar-refractivity contribution in [2.75, 3.05) is 13.1 Å². The Labute approximate surface area is 127 Å². The number of carbonyl (C=O) groups is 1. The summed E-state index contributed by atoms with van der Waals surface area (Å²) in [6.45, 7) is 0.344. The van der Waals surface area contributed by atoms with E-state index in [1.54, 1.807) is 0 Å². The number of amides is 1. The Morgan fingerprint density at radius 1 is 1.25 bits per heavy atom. The van der Waals surface area contributed by atoms with E-state index in [0.29, 0.717) is 0 Å². The van der Waals surface area contributed by atoms with Crippen molar-refractivity contribution in [2.24, 2.45) is 5.92 Å². The second kappa shape index (κ2) is 6.30. The molecular formula is C12H14Cl2N2O3S. The van der Waals surface area contributed by atoms with Crippen LogP contribution in [0, 0.1) is 5.92 Å². The highest BCUT2D eigenvalue weighted by atomic mass is 35.5. The number of halogens is 2. The van der Waals surface area contributed by atoms with Crippen LogP contribution in [0.2, 0.25) is 10.0 Å². The number of sulfonamides is 1. The first kappa shape index (κ1) is 15.6. The maximum Gasteiger partial charge on any atom is 0.242 e. The predicted molar refractivity (Wildman–Crippen MR) is 77.4 cm³/mol. The number of rotatable bonds is 6. The standard InChI is InChI=1S/C12H14Cl2N2O3S/c13-9-2-1-3-10(11(9)14)20(18,19)16-7-6-15-12(17)8-4-5-8/h1-3,8,16H,4-7H2,(H,15,17). The Hall–Kier alpha value is -0.820. The molecule has 5 nitrogen and oxygen atoms in total. The van der Waals surface area contributed by atoms with E-state index in [1.165, 1.54) is 18.2 Å². The molecule has 0 heterocycles. The third-order valence-corrected chi connectivity index (χ3v) is 5.30. The molecule has 1 saturated carbocycles. The first-order chi connectivity index (χ1) is 9.42. The summed E-state index contributed by atoms with van der Waals surface area (Å²) in [4.78, 5) is 11.3. The van der Waals surface area contributed by atoms with Gasteiger partial charge in [0.15, 0.2) is 0 Å². The summed E-state index contributed by atoms with van der Waals surface area (Å²) in [6.07, 6.45) is 1.82. The van der Waals surface area contributed by atoms with E-state index in [4.69, 9.17) is 23.2 Å². The number of carbonyl (C=O) groups excluding carboxylic acids is 1. The lowest BCUT2D eigenvalue weighted by atomic mass is 10.4. The monoisotopic (exact) mass is 336 g/mol. The van der Waals surface area contributed by atoms with Gasteiger partial charge < -0.3 is 5.32 Å². The Kier molecular flexibility index (Phi) is 4.90. The van der Waals surface area contributed by atoms with Crippen molar-refractivity contribution in [2.45, 2.75) is 17.7 Å². The third kappa shape index (κ3) is 3.85. The van der Waals surface area contributed by atoms with Crippen molar-refractivity contribution in [3.05, 3.63) is 28.2 Å². The quantitative estimate of drug-likeness (QED) is 0.777. The van der Waals surface area contributed by atoms with Crippen LogP contribution in [-0.2, 0) is 14.8 Å². The summed E-state index contributed by atoms with van der Waals surface area (Å²) >= 11 is 11.7. The van der Waals surface area contributed by atoms with E-state index >= 15 is 0 Å². The fourth-order valence-electron chi connectivity index (χ4n) is 1.63. The molecule has 2 N–H and O–H groups in total. The van der Waals surface area contributed by atoms with Crippen LogP contribution in [0.25, 0.3) is 0 Å². The first-order valence-corrected chi connectivity index (χ1v) is 8.37. The summed E-state index contributed by atoms with van der Waals surface area (Å²) in [7, 11) is -3.73. The topological polar surface area (TPSA) is 75.3 Å². The Morgan fingerprint density at radius 2 is 1.95 bits per heavy atom. The number of hydrogen-bond acceptors (Lipinski definition) is 3. The molecule has 8 heteroatoms. The Bertz CT molecular complexity index is 615. The summed E-state index contributed by atoms with van der Waals surface area (Å²) < 4.78 is 26.4.